The van der Waals surface area contributed by atoms with Crippen LogP contribution >= 0.6 is 0 Å². The zero-order chi connectivity index (χ0) is 16.1. The van der Waals surface area contributed by atoms with Crippen molar-refractivity contribution in [3.8, 4) is 0 Å². The predicted molar refractivity (Wildman–Crippen MR) is 87.4 cm³/mol. The van der Waals surface area contributed by atoms with Gasteiger partial charge in [0.2, 0.25) is 5.91 Å². The van der Waals surface area contributed by atoms with E-state index < -0.39 is 0 Å². The van der Waals surface area contributed by atoms with Gasteiger partial charge in [-0.2, -0.15) is 0 Å². The Bertz CT molecular complexity index is 496. The van der Waals surface area contributed by atoms with Crippen LogP contribution in [-0.4, -0.2) is 54.0 Å². The fraction of sp³-hybridized carbons (Fsp3) is 0.588. The quantitative estimate of drug-likeness (QED) is 0.908. The lowest BCUT2D eigenvalue weighted by Gasteiger charge is -2.44. The molecule has 0 unspecified atom stereocenters. The molecule has 5 heteroatoms. The summed E-state index contributed by atoms with van der Waals surface area (Å²) >= 11 is 0. The Balaban J connectivity index is 1.79. The number of amides is 1. The smallest absolute Gasteiger partial charge is 0.225 e. The lowest BCUT2D eigenvalue weighted by molar-refractivity contribution is -0.116. The van der Waals surface area contributed by atoms with Crippen molar-refractivity contribution in [2.45, 2.75) is 39.3 Å². The highest BCUT2D eigenvalue weighted by molar-refractivity contribution is 5.90. The standard InChI is InChI=1S/C17H26FN3O/c1-4-21-13(2)11-20(12-14(21)3)9-8-17(22)19-16-7-5-6-15(18)10-16/h5-7,10,13-14H,4,8-9,11-12H2,1-3H3,(H,19,22)/t13-,14+. The van der Waals surface area contributed by atoms with Gasteiger partial charge in [0.1, 0.15) is 5.82 Å². The first-order valence-electron chi connectivity index (χ1n) is 8.03. The van der Waals surface area contributed by atoms with Gasteiger partial charge in [-0.15, -0.1) is 0 Å². The first-order chi connectivity index (χ1) is 10.5. The van der Waals surface area contributed by atoms with E-state index in [-0.39, 0.29) is 11.7 Å². The summed E-state index contributed by atoms with van der Waals surface area (Å²) in [7, 11) is 0. The van der Waals surface area contributed by atoms with Gasteiger partial charge in [0, 0.05) is 43.8 Å². The van der Waals surface area contributed by atoms with Gasteiger partial charge in [-0.05, 0) is 38.6 Å². The van der Waals surface area contributed by atoms with Gasteiger partial charge in [0.05, 0.1) is 0 Å². The van der Waals surface area contributed by atoms with Crippen LogP contribution in [0.5, 0.6) is 0 Å². The molecule has 1 N–H and O–H groups in total. The van der Waals surface area contributed by atoms with Crippen LogP contribution < -0.4 is 5.32 Å². The van der Waals surface area contributed by atoms with Gasteiger partial charge < -0.3 is 5.32 Å². The minimum absolute atomic E-state index is 0.0659. The molecule has 1 aliphatic heterocycles. The van der Waals surface area contributed by atoms with E-state index in [4.69, 9.17) is 0 Å². The van der Waals surface area contributed by atoms with E-state index >= 15 is 0 Å². The molecule has 122 valence electrons. The molecule has 22 heavy (non-hydrogen) atoms. The Morgan fingerprint density at radius 2 is 2.00 bits per heavy atom. The molecule has 2 rings (SSSR count). The second-order valence-corrected chi connectivity index (χ2v) is 6.10. The second kappa shape index (κ2) is 7.70. The molecule has 1 aliphatic rings. The van der Waals surface area contributed by atoms with Crippen LogP contribution in [0, 0.1) is 5.82 Å². The van der Waals surface area contributed by atoms with Crippen molar-refractivity contribution in [1.29, 1.82) is 0 Å². The monoisotopic (exact) mass is 307 g/mol. The summed E-state index contributed by atoms with van der Waals surface area (Å²) in [5.41, 5.74) is 0.516. The molecule has 0 spiro atoms. The van der Waals surface area contributed by atoms with Gasteiger partial charge in [0.15, 0.2) is 0 Å². The number of nitrogens with zero attached hydrogens (tertiary/aromatic N) is 2. The summed E-state index contributed by atoms with van der Waals surface area (Å²) < 4.78 is 13.1. The molecule has 1 heterocycles. The lowest BCUT2D eigenvalue weighted by Crippen LogP contribution is -2.56. The molecule has 0 aliphatic carbocycles. The fourth-order valence-corrected chi connectivity index (χ4v) is 3.32. The van der Waals surface area contributed by atoms with Crippen LogP contribution in [-0.2, 0) is 4.79 Å². The zero-order valence-electron chi connectivity index (χ0n) is 13.7. The third kappa shape index (κ3) is 4.52. The van der Waals surface area contributed by atoms with E-state index in [2.05, 4.69) is 35.9 Å². The maximum absolute atomic E-state index is 13.1. The third-order valence-corrected chi connectivity index (χ3v) is 4.31. The van der Waals surface area contributed by atoms with Crippen LogP contribution in [0.25, 0.3) is 0 Å². The van der Waals surface area contributed by atoms with Gasteiger partial charge in [0.25, 0.3) is 0 Å². The van der Waals surface area contributed by atoms with Crippen molar-refractivity contribution in [2.75, 3.05) is 31.5 Å². The van der Waals surface area contributed by atoms with E-state index in [9.17, 15) is 9.18 Å². The number of carbonyl (C=O) groups is 1. The third-order valence-electron chi connectivity index (χ3n) is 4.31. The van der Waals surface area contributed by atoms with Gasteiger partial charge in [-0.25, -0.2) is 4.39 Å². The van der Waals surface area contributed by atoms with Crippen molar-refractivity contribution in [2.24, 2.45) is 0 Å². The number of piperazine rings is 1. The van der Waals surface area contributed by atoms with Gasteiger partial charge in [-0.3, -0.25) is 14.6 Å². The fourth-order valence-electron chi connectivity index (χ4n) is 3.32. The van der Waals surface area contributed by atoms with E-state index in [1.165, 1.54) is 12.1 Å². The first-order valence-corrected chi connectivity index (χ1v) is 8.03. The van der Waals surface area contributed by atoms with Crippen molar-refractivity contribution in [3.63, 3.8) is 0 Å². The predicted octanol–water partition coefficient (Wildman–Crippen LogP) is 2.57. The number of hydrogen-bond acceptors (Lipinski definition) is 3. The van der Waals surface area contributed by atoms with Crippen LogP contribution in [0.4, 0.5) is 10.1 Å². The number of hydrogen-bond donors (Lipinski definition) is 1. The van der Waals surface area contributed by atoms with Crippen LogP contribution in [0.15, 0.2) is 24.3 Å². The SMILES string of the molecule is CCN1[C@H](C)CN(CCC(=O)Nc2cccc(F)c2)C[C@@H]1C. The van der Waals surface area contributed by atoms with Crippen molar-refractivity contribution in [3.05, 3.63) is 30.1 Å². The molecule has 0 radical (unpaired) electrons. The molecule has 0 aromatic heterocycles. The van der Waals surface area contributed by atoms with Crippen LogP contribution in [0.1, 0.15) is 27.2 Å². The molecule has 0 saturated carbocycles. The molecule has 1 aromatic rings. The molecule has 2 atom stereocenters. The highest BCUT2D eigenvalue weighted by Crippen LogP contribution is 2.15. The Hall–Kier alpha value is -1.46. The lowest BCUT2D eigenvalue weighted by atomic mass is 10.1. The van der Waals surface area contributed by atoms with E-state index in [0.29, 0.717) is 24.2 Å². The summed E-state index contributed by atoms with van der Waals surface area (Å²) in [6.45, 7) is 10.5. The van der Waals surface area contributed by atoms with Gasteiger partial charge in [-0.1, -0.05) is 13.0 Å². The largest absolute Gasteiger partial charge is 0.326 e. The summed E-state index contributed by atoms with van der Waals surface area (Å²) in [6, 6.07) is 7.02. The Morgan fingerprint density at radius 3 is 2.59 bits per heavy atom. The molecular formula is C17H26FN3O. The number of carbonyl (C=O) groups excluding carboxylic acids is 1. The number of rotatable bonds is 5. The summed E-state index contributed by atoms with van der Waals surface area (Å²) in [5, 5.41) is 2.75. The molecular weight excluding hydrogens is 281 g/mol. The first kappa shape index (κ1) is 16.9. The average Bonchev–Trinajstić information content (AvgIpc) is 2.45. The number of benzene rings is 1. The number of likely N-dealkylation sites (N-methyl/N-ethyl adjacent to an activating group) is 1. The number of halogens is 1. The number of anilines is 1. The minimum atomic E-state index is -0.337. The highest BCUT2D eigenvalue weighted by atomic mass is 19.1. The Morgan fingerprint density at radius 1 is 1.32 bits per heavy atom. The minimum Gasteiger partial charge on any atom is -0.326 e. The molecule has 1 saturated heterocycles. The normalized spacial score (nSPS) is 23.5. The topological polar surface area (TPSA) is 35.6 Å². The van der Waals surface area contributed by atoms with Crippen LogP contribution in [0.3, 0.4) is 0 Å². The van der Waals surface area contributed by atoms with Crippen molar-refractivity contribution in [1.82, 2.24) is 9.80 Å². The van der Waals surface area contributed by atoms with E-state index in [0.717, 1.165) is 26.2 Å². The zero-order valence-corrected chi connectivity index (χ0v) is 13.7. The average molecular weight is 307 g/mol. The second-order valence-electron chi connectivity index (χ2n) is 6.10. The molecule has 1 aromatic carbocycles. The molecule has 0 bridgehead atoms. The van der Waals surface area contributed by atoms with Crippen molar-refractivity contribution < 1.29 is 9.18 Å². The summed E-state index contributed by atoms with van der Waals surface area (Å²) in [4.78, 5) is 16.8. The summed E-state index contributed by atoms with van der Waals surface area (Å²) in [6.07, 6.45) is 0.433. The van der Waals surface area contributed by atoms with Crippen molar-refractivity contribution >= 4 is 11.6 Å². The van der Waals surface area contributed by atoms with Crippen LogP contribution in [0.2, 0.25) is 0 Å². The molecule has 4 nitrogen and oxygen atoms in total. The molecule has 1 fully saturated rings. The summed E-state index contributed by atoms with van der Waals surface area (Å²) in [5.74, 6) is -0.403. The maximum atomic E-state index is 13.1. The molecule has 1 amide bonds. The highest BCUT2D eigenvalue weighted by Gasteiger charge is 2.27. The van der Waals surface area contributed by atoms with E-state index in [1.54, 1.807) is 12.1 Å². The number of nitrogens with one attached hydrogen (secondary N) is 1. The van der Waals surface area contributed by atoms with Gasteiger partial charge >= 0.3 is 0 Å². The maximum Gasteiger partial charge on any atom is 0.225 e. The van der Waals surface area contributed by atoms with E-state index in [1.807, 2.05) is 0 Å². The Kier molecular flexibility index (Phi) is 5.91. The Labute approximate surface area is 132 Å².